The highest BCUT2D eigenvalue weighted by Gasteiger charge is 2.37. The van der Waals surface area contributed by atoms with E-state index >= 15 is 0 Å². The quantitative estimate of drug-likeness (QED) is 0.0652. The Kier molecular flexibility index (Phi) is 15.0. The Morgan fingerprint density at radius 2 is 1.37 bits per heavy atom. The molecule has 0 saturated heterocycles. The molecule has 4 rings (SSSR count). The van der Waals surface area contributed by atoms with Gasteiger partial charge in [0, 0.05) is 39.6 Å². The first kappa shape index (κ1) is 41.8. The van der Waals surface area contributed by atoms with Crippen LogP contribution in [0.15, 0.2) is 97.1 Å². The highest BCUT2D eigenvalue weighted by Crippen LogP contribution is 2.29. The lowest BCUT2D eigenvalue weighted by molar-refractivity contribution is -0.146. The van der Waals surface area contributed by atoms with Crippen LogP contribution in [0.3, 0.4) is 0 Å². The van der Waals surface area contributed by atoms with Crippen molar-refractivity contribution in [2.24, 2.45) is 0 Å². The minimum atomic E-state index is -1.25. The highest BCUT2D eigenvalue weighted by molar-refractivity contribution is 5.93. The normalized spacial score (nSPS) is 13.0. The highest BCUT2D eigenvalue weighted by atomic mass is 16.7. The van der Waals surface area contributed by atoms with Gasteiger partial charge in [-0.25, -0.2) is 9.80 Å². The number of amides is 4. The molecule has 0 aliphatic carbocycles. The molecule has 0 radical (unpaired) electrons. The lowest BCUT2D eigenvalue weighted by Gasteiger charge is -2.35. The predicted molar refractivity (Wildman–Crippen MR) is 213 cm³/mol. The van der Waals surface area contributed by atoms with E-state index in [1.54, 1.807) is 20.9 Å². The van der Waals surface area contributed by atoms with E-state index in [0.717, 1.165) is 27.5 Å². The van der Waals surface area contributed by atoms with Gasteiger partial charge in [-0.1, -0.05) is 84.9 Å². The van der Waals surface area contributed by atoms with Crippen LogP contribution in [-0.4, -0.2) is 66.6 Å². The first-order valence-electron chi connectivity index (χ1n) is 18.6. The van der Waals surface area contributed by atoms with Crippen LogP contribution >= 0.6 is 0 Å². The molecule has 4 N–H and O–H groups in total. The molecule has 4 aromatic rings. The molecule has 11 nitrogen and oxygen atoms in total. The molecule has 4 amide bonds. The summed E-state index contributed by atoms with van der Waals surface area (Å²) in [6.07, 6.45) is -0.0304. The summed E-state index contributed by atoms with van der Waals surface area (Å²) < 4.78 is 17.9. The van der Waals surface area contributed by atoms with E-state index in [0.29, 0.717) is 31.9 Å². The van der Waals surface area contributed by atoms with Gasteiger partial charge < -0.3 is 30.2 Å². The van der Waals surface area contributed by atoms with Gasteiger partial charge in [0.15, 0.2) is 6.29 Å². The van der Waals surface area contributed by atoms with E-state index in [-0.39, 0.29) is 17.9 Å². The minimum absolute atomic E-state index is 0.195. The van der Waals surface area contributed by atoms with E-state index < -0.39 is 35.9 Å². The molecule has 0 aliphatic heterocycles. The van der Waals surface area contributed by atoms with Gasteiger partial charge in [-0.3, -0.25) is 15.0 Å². The number of likely N-dealkylation sites (N-methyl/N-ethyl adjacent to an activating group) is 1. The molecule has 290 valence electrons. The van der Waals surface area contributed by atoms with Gasteiger partial charge in [0.2, 0.25) is 11.8 Å². The molecule has 0 heterocycles. The SMILES string of the molecule is CCOC(CC(NC(=O)[C@H](Cc1ccc(OC(C)(C)C)cc1)NC(=O)C(C)(C)N(C)NC(=O)NCc1ccccc1)c1cccc2ccccc12)OCC. The summed E-state index contributed by atoms with van der Waals surface area (Å²) in [5.41, 5.74) is 3.79. The van der Waals surface area contributed by atoms with E-state index in [1.807, 2.05) is 132 Å². The smallest absolute Gasteiger partial charge is 0.329 e. The topological polar surface area (TPSA) is 130 Å². The van der Waals surface area contributed by atoms with Crippen LogP contribution in [0.5, 0.6) is 5.75 Å². The van der Waals surface area contributed by atoms with Gasteiger partial charge in [0.05, 0.1) is 6.04 Å². The van der Waals surface area contributed by atoms with E-state index in [1.165, 1.54) is 5.01 Å². The zero-order valence-corrected chi connectivity index (χ0v) is 32.9. The fourth-order valence-electron chi connectivity index (χ4n) is 5.93. The van der Waals surface area contributed by atoms with Crippen LogP contribution in [-0.2, 0) is 32.0 Å². The largest absolute Gasteiger partial charge is 0.488 e. The van der Waals surface area contributed by atoms with Crippen LogP contribution in [0.1, 0.15) is 77.6 Å². The third kappa shape index (κ3) is 12.3. The molecular weight excluding hydrogens is 683 g/mol. The summed E-state index contributed by atoms with van der Waals surface area (Å²) in [6, 6.07) is 29.1. The summed E-state index contributed by atoms with van der Waals surface area (Å²) in [4.78, 5) is 41.4. The molecule has 0 aromatic heterocycles. The van der Waals surface area contributed by atoms with Crippen LogP contribution in [0.2, 0.25) is 0 Å². The standard InChI is InChI=1S/C43H57N5O6/c1-9-52-38(53-10-2)28-36(35-22-16-20-32-19-14-15-21-34(32)35)45-39(49)37(27-30-23-25-33(26-24-30)54-42(3,4)5)46-40(50)43(6,7)48(8)47-41(51)44-29-31-17-12-11-13-18-31/h11-26,36-38H,9-10,27-29H2,1-8H3,(H,45,49)(H,46,50)(H2,44,47,51)/t36?,37-/m0/s1. The molecule has 11 heteroatoms. The van der Waals surface area contributed by atoms with Gasteiger partial charge in [-0.2, -0.15) is 0 Å². The molecular formula is C43H57N5O6. The summed E-state index contributed by atoms with van der Waals surface area (Å²) in [7, 11) is 1.61. The number of urea groups is 1. The van der Waals surface area contributed by atoms with Gasteiger partial charge in [-0.15, -0.1) is 0 Å². The molecule has 0 fully saturated rings. The summed E-state index contributed by atoms with van der Waals surface area (Å²) >= 11 is 0. The molecule has 0 bridgehead atoms. The van der Waals surface area contributed by atoms with Gasteiger partial charge in [-0.05, 0) is 88.1 Å². The second kappa shape index (κ2) is 19.4. The maximum atomic E-state index is 14.5. The van der Waals surface area contributed by atoms with E-state index in [2.05, 4.69) is 21.4 Å². The lowest BCUT2D eigenvalue weighted by atomic mass is 9.95. The molecule has 4 aromatic carbocycles. The first-order chi connectivity index (χ1) is 25.7. The maximum Gasteiger partial charge on any atom is 0.329 e. The van der Waals surface area contributed by atoms with Crippen LogP contribution in [0, 0.1) is 0 Å². The Labute approximate surface area is 320 Å². The van der Waals surface area contributed by atoms with Gasteiger partial charge in [0.1, 0.15) is 22.9 Å². The number of benzene rings is 4. The molecule has 2 atom stereocenters. The zero-order chi connectivity index (χ0) is 39.3. The lowest BCUT2D eigenvalue weighted by Crippen LogP contribution is -2.63. The van der Waals surface area contributed by atoms with Crippen molar-refractivity contribution in [3.8, 4) is 5.75 Å². The van der Waals surface area contributed by atoms with E-state index in [4.69, 9.17) is 14.2 Å². The summed E-state index contributed by atoms with van der Waals surface area (Å²) in [6.45, 7) is 14.3. The summed E-state index contributed by atoms with van der Waals surface area (Å²) in [5, 5.41) is 12.5. The van der Waals surface area contributed by atoms with Crippen LogP contribution in [0.25, 0.3) is 10.8 Å². The number of rotatable bonds is 18. The minimum Gasteiger partial charge on any atom is -0.488 e. The summed E-state index contributed by atoms with van der Waals surface area (Å²) in [5.74, 6) is -0.135. The maximum absolute atomic E-state index is 14.5. The van der Waals surface area contributed by atoms with Crippen molar-refractivity contribution in [2.75, 3.05) is 20.3 Å². The van der Waals surface area contributed by atoms with Crippen molar-refractivity contribution >= 4 is 28.6 Å². The number of nitrogens with one attached hydrogen (secondary N) is 4. The van der Waals surface area contributed by atoms with Crippen molar-refractivity contribution in [1.29, 1.82) is 0 Å². The van der Waals surface area contributed by atoms with Gasteiger partial charge >= 0.3 is 6.03 Å². The van der Waals surface area contributed by atoms with Crippen LogP contribution < -0.4 is 26.1 Å². The number of ether oxygens (including phenoxy) is 3. The third-order valence-corrected chi connectivity index (χ3v) is 9.02. The van der Waals surface area contributed by atoms with E-state index in [9.17, 15) is 14.4 Å². The Bertz CT molecular complexity index is 1800. The number of hydrogen-bond donors (Lipinski definition) is 4. The fraction of sp³-hybridized carbons (Fsp3) is 0.419. The number of carbonyl (C=O) groups is 3. The first-order valence-corrected chi connectivity index (χ1v) is 18.6. The second-order valence-electron chi connectivity index (χ2n) is 14.7. The van der Waals surface area contributed by atoms with Crippen molar-refractivity contribution in [2.45, 2.75) is 97.4 Å². The average Bonchev–Trinajstić information content (AvgIpc) is 3.13. The average molecular weight is 740 g/mol. The number of nitrogens with zero attached hydrogens (tertiary/aromatic N) is 1. The second-order valence-corrected chi connectivity index (χ2v) is 14.7. The number of hydrazine groups is 1. The van der Waals surface area contributed by atoms with Crippen molar-refractivity contribution in [3.63, 3.8) is 0 Å². The fourth-order valence-corrected chi connectivity index (χ4v) is 5.93. The zero-order valence-electron chi connectivity index (χ0n) is 32.9. The Hall–Kier alpha value is -4.97. The number of fused-ring (bicyclic) bond motifs is 1. The predicted octanol–water partition coefficient (Wildman–Crippen LogP) is 6.82. The van der Waals surface area contributed by atoms with Gasteiger partial charge in [0.25, 0.3) is 0 Å². The molecule has 0 saturated carbocycles. The molecule has 0 spiro atoms. The molecule has 1 unspecified atom stereocenters. The van der Waals surface area contributed by atoms with Crippen molar-refractivity contribution in [1.82, 2.24) is 26.4 Å². The van der Waals surface area contributed by atoms with Crippen molar-refractivity contribution in [3.05, 3.63) is 114 Å². The third-order valence-electron chi connectivity index (χ3n) is 9.02. The van der Waals surface area contributed by atoms with Crippen LogP contribution in [0.4, 0.5) is 4.79 Å². The Balaban J connectivity index is 1.60. The Morgan fingerprint density at radius 1 is 0.741 bits per heavy atom. The monoisotopic (exact) mass is 739 g/mol. The van der Waals surface area contributed by atoms with Crippen molar-refractivity contribution < 1.29 is 28.6 Å². The molecule has 54 heavy (non-hydrogen) atoms. The molecule has 0 aliphatic rings. The number of carbonyl (C=O) groups excluding carboxylic acids is 3. The number of hydrogen-bond acceptors (Lipinski definition) is 7. The Morgan fingerprint density at radius 3 is 2.02 bits per heavy atom.